The summed E-state index contributed by atoms with van der Waals surface area (Å²) in [6.07, 6.45) is 1.27. The summed E-state index contributed by atoms with van der Waals surface area (Å²) < 4.78 is 10.5. The zero-order chi connectivity index (χ0) is 20.5. The quantitative estimate of drug-likeness (QED) is 0.691. The third kappa shape index (κ3) is 3.25. The summed E-state index contributed by atoms with van der Waals surface area (Å²) in [7, 11) is 2.90. The lowest BCUT2D eigenvalue weighted by Crippen LogP contribution is -2.52. The largest absolute Gasteiger partial charge is 0.507 e. The van der Waals surface area contributed by atoms with Crippen molar-refractivity contribution in [2.24, 2.45) is 0 Å². The molecular weight excluding hydrogens is 358 g/mol. The van der Waals surface area contributed by atoms with Crippen molar-refractivity contribution in [2.75, 3.05) is 19.5 Å². The second-order valence-electron chi connectivity index (χ2n) is 7.08. The Bertz CT molecular complexity index is 915. The number of hydrogen-bond donors (Lipinski definition) is 3. The summed E-state index contributed by atoms with van der Waals surface area (Å²) >= 11 is 0. The number of anilines is 1. The Hall–Kier alpha value is -2.83. The van der Waals surface area contributed by atoms with Gasteiger partial charge in [0.25, 0.3) is 5.91 Å². The van der Waals surface area contributed by atoms with Crippen LogP contribution in [0.15, 0.2) is 48.0 Å². The fourth-order valence-corrected chi connectivity index (χ4v) is 3.54. The molecule has 0 aromatic heterocycles. The Morgan fingerprint density at radius 3 is 2.43 bits per heavy atom. The predicted molar refractivity (Wildman–Crippen MR) is 107 cm³/mol. The minimum atomic E-state index is -1.86. The van der Waals surface area contributed by atoms with Crippen molar-refractivity contribution in [3.8, 4) is 11.5 Å². The summed E-state index contributed by atoms with van der Waals surface area (Å²) in [5.41, 5.74) is 0.914. The number of phenols is 1. The SMILES string of the molecule is COc1ccc([C@]2(O)c3c(ccc(CC=C(C)C)c3O)NC(=O)[C@H]2OC)cc1. The third-order valence-electron chi connectivity index (χ3n) is 5.01. The lowest BCUT2D eigenvalue weighted by Gasteiger charge is -2.40. The van der Waals surface area contributed by atoms with Gasteiger partial charge in [0.15, 0.2) is 11.7 Å². The Kier molecular flexibility index (Phi) is 5.45. The van der Waals surface area contributed by atoms with E-state index >= 15 is 0 Å². The molecular formula is C22H25NO5. The van der Waals surface area contributed by atoms with Crippen LogP contribution in [-0.2, 0) is 21.6 Å². The van der Waals surface area contributed by atoms with Crippen molar-refractivity contribution < 1.29 is 24.5 Å². The number of nitrogens with one attached hydrogen (secondary N) is 1. The molecule has 1 heterocycles. The average molecular weight is 383 g/mol. The zero-order valence-electron chi connectivity index (χ0n) is 16.4. The van der Waals surface area contributed by atoms with E-state index in [0.29, 0.717) is 29.0 Å². The molecule has 148 valence electrons. The molecule has 1 aliphatic heterocycles. The molecule has 3 N–H and O–H groups in total. The summed E-state index contributed by atoms with van der Waals surface area (Å²) in [4.78, 5) is 12.6. The molecule has 0 fully saturated rings. The highest BCUT2D eigenvalue weighted by molar-refractivity contribution is 6.00. The van der Waals surface area contributed by atoms with Gasteiger partial charge in [-0.1, -0.05) is 29.8 Å². The number of benzene rings is 2. The van der Waals surface area contributed by atoms with Crippen LogP contribution < -0.4 is 10.1 Å². The Labute approximate surface area is 164 Å². The molecule has 2 atom stereocenters. The maximum absolute atomic E-state index is 12.6. The summed E-state index contributed by atoms with van der Waals surface area (Å²) in [5, 5.41) is 25.5. The van der Waals surface area contributed by atoms with Crippen molar-refractivity contribution >= 4 is 11.6 Å². The van der Waals surface area contributed by atoms with Crippen LogP contribution >= 0.6 is 0 Å². The minimum absolute atomic E-state index is 0.0598. The maximum atomic E-state index is 12.6. The number of phenolic OH excluding ortho intramolecular Hbond substituents is 1. The van der Waals surface area contributed by atoms with Gasteiger partial charge in [-0.05, 0) is 49.6 Å². The van der Waals surface area contributed by atoms with Crippen LogP contribution in [0.4, 0.5) is 5.69 Å². The van der Waals surface area contributed by atoms with Crippen LogP contribution in [0.25, 0.3) is 0 Å². The van der Waals surface area contributed by atoms with Crippen molar-refractivity contribution in [2.45, 2.75) is 32.0 Å². The van der Waals surface area contributed by atoms with Crippen molar-refractivity contribution in [1.29, 1.82) is 0 Å². The molecule has 2 aromatic carbocycles. The number of carbonyl (C=O) groups is 1. The summed E-state index contributed by atoms with van der Waals surface area (Å²) in [5.74, 6) is 0.0727. The molecule has 0 saturated heterocycles. The first-order chi connectivity index (χ1) is 13.3. The van der Waals surface area contributed by atoms with Gasteiger partial charge in [0.1, 0.15) is 11.5 Å². The number of aromatic hydroxyl groups is 1. The van der Waals surface area contributed by atoms with E-state index < -0.39 is 17.6 Å². The molecule has 0 radical (unpaired) electrons. The number of rotatable bonds is 5. The predicted octanol–water partition coefficient (Wildman–Crippen LogP) is 3.11. The molecule has 0 bridgehead atoms. The van der Waals surface area contributed by atoms with Crippen molar-refractivity contribution in [1.82, 2.24) is 0 Å². The van der Waals surface area contributed by atoms with Crippen LogP contribution in [0.3, 0.4) is 0 Å². The fraction of sp³-hybridized carbons (Fsp3) is 0.318. The van der Waals surface area contributed by atoms with Gasteiger partial charge in [0.2, 0.25) is 0 Å². The highest BCUT2D eigenvalue weighted by Gasteiger charge is 2.51. The molecule has 0 unspecified atom stereocenters. The molecule has 1 aliphatic rings. The number of amides is 1. The molecule has 0 saturated carbocycles. The number of allylic oxidation sites excluding steroid dienone is 2. The molecule has 28 heavy (non-hydrogen) atoms. The lowest BCUT2D eigenvalue weighted by molar-refractivity contribution is -0.142. The van der Waals surface area contributed by atoms with Gasteiger partial charge < -0.3 is 25.0 Å². The molecule has 6 heteroatoms. The van der Waals surface area contributed by atoms with E-state index in [1.165, 1.54) is 7.11 Å². The van der Waals surface area contributed by atoms with E-state index in [1.807, 2.05) is 19.9 Å². The number of aliphatic hydroxyl groups is 1. The number of hydrogen-bond acceptors (Lipinski definition) is 5. The van der Waals surface area contributed by atoms with E-state index in [0.717, 1.165) is 5.57 Å². The molecule has 1 amide bonds. The monoisotopic (exact) mass is 383 g/mol. The van der Waals surface area contributed by atoms with Gasteiger partial charge in [0.05, 0.1) is 18.4 Å². The highest BCUT2D eigenvalue weighted by Crippen LogP contribution is 2.48. The van der Waals surface area contributed by atoms with Crippen LogP contribution in [-0.4, -0.2) is 36.4 Å². The first-order valence-electron chi connectivity index (χ1n) is 9.02. The van der Waals surface area contributed by atoms with Gasteiger partial charge >= 0.3 is 0 Å². The average Bonchev–Trinajstić information content (AvgIpc) is 2.67. The topological polar surface area (TPSA) is 88.0 Å². The Morgan fingerprint density at radius 1 is 1.18 bits per heavy atom. The Balaban J connectivity index is 2.23. The minimum Gasteiger partial charge on any atom is -0.507 e. The van der Waals surface area contributed by atoms with Crippen LogP contribution in [0.1, 0.15) is 30.5 Å². The summed E-state index contributed by atoms with van der Waals surface area (Å²) in [6.45, 7) is 3.95. The number of ether oxygens (including phenoxy) is 2. The van der Waals surface area contributed by atoms with E-state index in [2.05, 4.69) is 5.32 Å². The highest BCUT2D eigenvalue weighted by atomic mass is 16.5. The van der Waals surface area contributed by atoms with E-state index in [9.17, 15) is 15.0 Å². The second kappa shape index (κ2) is 7.66. The first kappa shape index (κ1) is 19.9. The van der Waals surface area contributed by atoms with Gasteiger partial charge in [-0.15, -0.1) is 0 Å². The molecule has 0 spiro atoms. The molecule has 6 nitrogen and oxygen atoms in total. The summed E-state index contributed by atoms with van der Waals surface area (Å²) in [6, 6.07) is 10.1. The van der Waals surface area contributed by atoms with Gasteiger partial charge in [-0.2, -0.15) is 0 Å². The third-order valence-corrected chi connectivity index (χ3v) is 5.01. The maximum Gasteiger partial charge on any atom is 0.257 e. The Morgan fingerprint density at radius 2 is 1.86 bits per heavy atom. The van der Waals surface area contributed by atoms with Gasteiger partial charge in [-0.3, -0.25) is 4.79 Å². The van der Waals surface area contributed by atoms with Crippen molar-refractivity contribution in [3.63, 3.8) is 0 Å². The molecule has 2 aromatic rings. The van der Waals surface area contributed by atoms with E-state index in [-0.39, 0.29) is 11.3 Å². The first-order valence-corrected chi connectivity index (χ1v) is 9.02. The normalized spacial score (nSPS) is 20.9. The van der Waals surface area contributed by atoms with Crippen molar-refractivity contribution in [3.05, 3.63) is 64.7 Å². The number of fused-ring (bicyclic) bond motifs is 1. The second-order valence-corrected chi connectivity index (χ2v) is 7.08. The van der Waals surface area contributed by atoms with Crippen LogP contribution in [0.5, 0.6) is 11.5 Å². The van der Waals surface area contributed by atoms with E-state index in [1.54, 1.807) is 43.5 Å². The van der Waals surface area contributed by atoms with Crippen LogP contribution in [0.2, 0.25) is 0 Å². The smallest absolute Gasteiger partial charge is 0.257 e. The molecule has 0 aliphatic carbocycles. The van der Waals surface area contributed by atoms with Gasteiger partial charge in [-0.25, -0.2) is 0 Å². The van der Waals surface area contributed by atoms with Gasteiger partial charge in [0, 0.05) is 7.11 Å². The van der Waals surface area contributed by atoms with E-state index in [4.69, 9.17) is 9.47 Å². The van der Waals surface area contributed by atoms with Crippen LogP contribution in [0, 0.1) is 0 Å². The fourth-order valence-electron chi connectivity index (χ4n) is 3.54. The number of methoxy groups -OCH3 is 2. The standard InChI is InChI=1S/C22H25NO5/c1-13(2)5-6-14-7-12-17-18(19(14)24)22(26,20(28-4)21(25)23-17)15-8-10-16(27-3)11-9-15/h5,7-12,20,24,26H,6H2,1-4H3,(H,23,25)/t20-,22+/m1/s1. The lowest BCUT2D eigenvalue weighted by atomic mass is 9.76. The molecule has 3 rings (SSSR count). The number of carbonyl (C=O) groups excluding carboxylic acids is 1. The zero-order valence-corrected chi connectivity index (χ0v) is 16.4.